The van der Waals surface area contributed by atoms with Crippen molar-refractivity contribution < 1.29 is 18.9 Å². The Bertz CT molecular complexity index is 394. The van der Waals surface area contributed by atoms with Gasteiger partial charge in [0.2, 0.25) is 5.91 Å². The van der Waals surface area contributed by atoms with Gasteiger partial charge >= 0.3 is 5.97 Å². The first-order valence-corrected chi connectivity index (χ1v) is 8.03. The van der Waals surface area contributed by atoms with Crippen molar-refractivity contribution in [1.82, 2.24) is 5.32 Å². The van der Waals surface area contributed by atoms with Gasteiger partial charge < -0.3 is 10.4 Å². The number of aliphatic carboxylic acids is 1. The lowest BCUT2D eigenvalue weighted by Crippen LogP contribution is -2.39. The zero-order valence-corrected chi connectivity index (χ0v) is 12.1. The first-order chi connectivity index (χ1) is 8.93. The Labute approximate surface area is 115 Å². The summed E-state index contributed by atoms with van der Waals surface area (Å²) in [7, 11) is -0.901. The molecule has 1 aliphatic carbocycles. The molecule has 4 atom stereocenters. The third kappa shape index (κ3) is 4.78. The van der Waals surface area contributed by atoms with E-state index in [0.717, 1.165) is 0 Å². The van der Waals surface area contributed by atoms with Crippen LogP contribution in [-0.2, 0) is 20.4 Å². The van der Waals surface area contributed by atoms with Crippen LogP contribution in [0.2, 0.25) is 0 Å². The average molecular weight is 287 g/mol. The highest BCUT2D eigenvalue weighted by Crippen LogP contribution is 2.25. The summed E-state index contributed by atoms with van der Waals surface area (Å²) in [4.78, 5) is 23.1. The number of carboxylic acid groups (broad SMARTS) is 1. The van der Waals surface area contributed by atoms with Crippen LogP contribution < -0.4 is 5.32 Å². The van der Waals surface area contributed by atoms with Crippen LogP contribution in [0.1, 0.15) is 26.2 Å². The number of hydrogen-bond donors (Lipinski definition) is 2. The molecule has 0 saturated heterocycles. The van der Waals surface area contributed by atoms with Crippen LogP contribution in [0, 0.1) is 11.8 Å². The van der Waals surface area contributed by atoms with Gasteiger partial charge in [0.05, 0.1) is 11.8 Å². The third-order valence-corrected chi connectivity index (χ3v) is 4.87. The molecule has 5 nitrogen and oxygen atoms in total. The van der Waals surface area contributed by atoms with Gasteiger partial charge in [-0.15, -0.1) is 0 Å². The molecule has 0 heterocycles. The quantitative estimate of drug-likeness (QED) is 0.712. The zero-order valence-electron chi connectivity index (χ0n) is 11.3. The van der Waals surface area contributed by atoms with Crippen LogP contribution in [0.25, 0.3) is 0 Å². The standard InChI is InChI=1S/C13H21NO4S/c1-9(19(2)18)7-8-14-12(15)10-5-3-4-6-11(10)13(16)17/h3-4,9-11H,5-8H2,1-2H3,(H,14,15)(H,16,17). The number of amides is 1. The highest BCUT2D eigenvalue weighted by atomic mass is 32.2. The van der Waals surface area contributed by atoms with Crippen molar-refractivity contribution in [1.29, 1.82) is 0 Å². The minimum absolute atomic E-state index is 0.0295. The molecule has 0 aromatic carbocycles. The summed E-state index contributed by atoms with van der Waals surface area (Å²) in [5, 5.41) is 11.9. The van der Waals surface area contributed by atoms with Crippen molar-refractivity contribution in [2.24, 2.45) is 11.8 Å². The zero-order chi connectivity index (χ0) is 14.4. The topological polar surface area (TPSA) is 83.5 Å². The van der Waals surface area contributed by atoms with Gasteiger partial charge in [-0.3, -0.25) is 13.8 Å². The Morgan fingerprint density at radius 1 is 1.37 bits per heavy atom. The van der Waals surface area contributed by atoms with E-state index in [2.05, 4.69) is 5.32 Å². The van der Waals surface area contributed by atoms with Gasteiger partial charge in [0.25, 0.3) is 0 Å². The molecule has 6 heteroatoms. The van der Waals surface area contributed by atoms with Crippen molar-refractivity contribution in [3.63, 3.8) is 0 Å². The van der Waals surface area contributed by atoms with E-state index in [9.17, 15) is 13.8 Å². The minimum Gasteiger partial charge on any atom is -0.481 e. The van der Waals surface area contributed by atoms with Crippen LogP contribution in [0.15, 0.2) is 12.2 Å². The van der Waals surface area contributed by atoms with E-state index in [-0.39, 0.29) is 11.2 Å². The highest BCUT2D eigenvalue weighted by Gasteiger charge is 2.33. The summed E-state index contributed by atoms with van der Waals surface area (Å²) in [5.41, 5.74) is 0. The molecule has 108 valence electrons. The van der Waals surface area contributed by atoms with Crippen molar-refractivity contribution in [2.45, 2.75) is 31.4 Å². The fourth-order valence-electron chi connectivity index (χ4n) is 2.07. The first kappa shape index (κ1) is 15.9. The fourth-order valence-corrected chi connectivity index (χ4v) is 2.52. The van der Waals surface area contributed by atoms with Crippen LogP contribution in [0.3, 0.4) is 0 Å². The Morgan fingerprint density at radius 2 is 1.95 bits per heavy atom. The van der Waals surface area contributed by atoms with E-state index in [4.69, 9.17) is 5.11 Å². The molecule has 0 bridgehead atoms. The van der Waals surface area contributed by atoms with E-state index < -0.39 is 28.6 Å². The molecular weight excluding hydrogens is 266 g/mol. The maximum absolute atomic E-state index is 12.0. The number of carbonyl (C=O) groups is 2. The smallest absolute Gasteiger partial charge is 0.307 e. The van der Waals surface area contributed by atoms with Crippen LogP contribution in [-0.4, -0.2) is 39.2 Å². The molecule has 0 spiro atoms. The molecule has 0 fully saturated rings. The first-order valence-electron chi connectivity index (χ1n) is 6.41. The average Bonchev–Trinajstić information content (AvgIpc) is 2.38. The number of carboxylic acids is 1. The minimum atomic E-state index is -0.924. The summed E-state index contributed by atoms with van der Waals surface area (Å²) < 4.78 is 11.2. The summed E-state index contributed by atoms with van der Waals surface area (Å²) in [6.07, 6.45) is 6.81. The Balaban J connectivity index is 2.46. The maximum atomic E-state index is 12.0. The van der Waals surface area contributed by atoms with Gasteiger partial charge in [-0.25, -0.2) is 0 Å². The summed E-state index contributed by atoms with van der Waals surface area (Å²) in [6.45, 7) is 2.30. The lowest BCUT2D eigenvalue weighted by Gasteiger charge is -2.24. The molecule has 19 heavy (non-hydrogen) atoms. The summed E-state index contributed by atoms with van der Waals surface area (Å²) in [6, 6.07) is 0. The molecule has 2 N–H and O–H groups in total. The number of rotatable bonds is 6. The van der Waals surface area contributed by atoms with E-state index in [1.807, 2.05) is 19.1 Å². The third-order valence-electron chi connectivity index (χ3n) is 3.50. The molecule has 0 aromatic rings. The van der Waals surface area contributed by atoms with Gasteiger partial charge in [0.1, 0.15) is 0 Å². The second-order valence-corrected chi connectivity index (χ2v) is 6.68. The predicted octanol–water partition coefficient (Wildman–Crippen LogP) is 0.927. The van der Waals surface area contributed by atoms with Crippen molar-refractivity contribution in [2.75, 3.05) is 12.8 Å². The Morgan fingerprint density at radius 3 is 2.47 bits per heavy atom. The monoisotopic (exact) mass is 287 g/mol. The molecule has 4 unspecified atom stereocenters. The Hall–Kier alpha value is -1.17. The van der Waals surface area contributed by atoms with Gasteiger partial charge in [0.15, 0.2) is 0 Å². The van der Waals surface area contributed by atoms with Crippen LogP contribution in [0.4, 0.5) is 0 Å². The number of hydrogen-bond acceptors (Lipinski definition) is 3. The number of allylic oxidation sites excluding steroid dienone is 2. The van der Waals surface area contributed by atoms with E-state index in [1.165, 1.54) is 0 Å². The predicted molar refractivity (Wildman–Crippen MR) is 74.1 cm³/mol. The van der Waals surface area contributed by atoms with Crippen LogP contribution in [0.5, 0.6) is 0 Å². The molecule has 1 aliphatic rings. The molecule has 0 aromatic heterocycles. The largest absolute Gasteiger partial charge is 0.481 e. The molecule has 0 aliphatic heterocycles. The molecule has 1 amide bonds. The molecule has 0 radical (unpaired) electrons. The Kier molecular flexibility index (Phi) is 6.21. The van der Waals surface area contributed by atoms with Crippen LogP contribution >= 0.6 is 0 Å². The van der Waals surface area contributed by atoms with Gasteiger partial charge in [-0.05, 0) is 19.3 Å². The van der Waals surface area contributed by atoms with Gasteiger partial charge in [-0.2, -0.15) is 0 Å². The number of nitrogens with one attached hydrogen (secondary N) is 1. The SMILES string of the molecule is CC(CCNC(=O)C1CC=CCC1C(=O)O)S(C)=O. The lowest BCUT2D eigenvalue weighted by molar-refractivity contribution is -0.147. The van der Waals surface area contributed by atoms with E-state index in [0.29, 0.717) is 25.8 Å². The second-order valence-electron chi connectivity index (χ2n) is 4.88. The summed E-state index contributed by atoms with van der Waals surface area (Å²) >= 11 is 0. The molecule has 0 saturated carbocycles. The van der Waals surface area contributed by atoms with Crippen molar-refractivity contribution >= 4 is 22.7 Å². The van der Waals surface area contributed by atoms with E-state index in [1.54, 1.807) is 6.26 Å². The summed E-state index contributed by atoms with van der Waals surface area (Å²) in [5.74, 6) is -2.27. The maximum Gasteiger partial charge on any atom is 0.307 e. The lowest BCUT2D eigenvalue weighted by atomic mass is 9.82. The van der Waals surface area contributed by atoms with E-state index >= 15 is 0 Å². The molecule has 1 rings (SSSR count). The highest BCUT2D eigenvalue weighted by molar-refractivity contribution is 7.84. The fraction of sp³-hybridized carbons (Fsp3) is 0.692. The van der Waals surface area contributed by atoms with Gasteiger partial charge in [-0.1, -0.05) is 19.1 Å². The van der Waals surface area contributed by atoms with Crippen molar-refractivity contribution in [3.8, 4) is 0 Å². The number of carbonyl (C=O) groups excluding carboxylic acids is 1. The molecular formula is C13H21NO4S. The second kappa shape index (κ2) is 7.43. The normalized spacial score (nSPS) is 25.6. The van der Waals surface area contributed by atoms with Crippen molar-refractivity contribution in [3.05, 3.63) is 12.2 Å². The van der Waals surface area contributed by atoms with Gasteiger partial charge in [0, 0.05) is 28.9 Å².